The Labute approximate surface area is 162 Å². The molecule has 0 aliphatic carbocycles. The van der Waals surface area contributed by atoms with Crippen LogP contribution in [0, 0.1) is 20.8 Å². The normalized spacial score (nSPS) is 21.0. The van der Waals surface area contributed by atoms with Gasteiger partial charge >= 0.3 is 0 Å². The maximum absolute atomic E-state index is 10.7. The predicted molar refractivity (Wildman–Crippen MR) is 107 cm³/mol. The standard InChI is InChI=1S/C21H31N5O/c1-15-16(2)24-19(17(3)23-15)13-26-12-9-20(21(27)14-26)25(4)11-8-18-7-5-6-10-22-18/h5-7,10,20-21,27H,8-9,11-14H2,1-4H3/t20-,21-/m1/s1. The predicted octanol–water partition coefficient (Wildman–Crippen LogP) is 1.91. The van der Waals surface area contributed by atoms with Crippen LogP contribution in [0.1, 0.15) is 34.9 Å². The molecular weight excluding hydrogens is 338 g/mol. The van der Waals surface area contributed by atoms with Gasteiger partial charge in [-0.3, -0.25) is 19.9 Å². The number of pyridine rings is 1. The zero-order chi connectivity index (χ0) is 19.4. The number of aryl methyl sites for hydroxylation is 3. The minimum Gasteiger partial charge on any atom is -0.390 e. The Balaban J connectivity index is 1.53. The van der Waals surface area contributed by atoms with Crippen LogP contribution in [-0.2, 0) is 13.0 Å². The third-order valence-electron chi connectivity index (χ3n) is 5.60. The summed E-state index contributed by atoms with van der Waals surface area (Å²) in [5, 5.41) is 10.7. The van der Waals surface area contributed by atoms with E-state index in [0.29, 0.717) is 6.54 Å². The summed E-state index contributed by atoms with van der Waals surface area (Å²) in [6.45, 7) is 9.31. The van der Waals surface area contributed by atoms with E-state index in [1.54, 1.807) is 0 Å². The molecule has 1 aliphatic rings. The van der Waals surface area contributed by atoms with E-state index in [1.807, 2.05) is 39.1 Å². The highest BCUT2D eigenvalue weighted by Gasteiger charge is 2.30. The molecule has 2 aromatic heterocycles. The molecule has 146 valence electrons. The van der Waals surface area contributed by atoms with Crippen molar-refractivity contribution in [1.29, 1.82) is 0 Å². The van der Waals surface area contributed by atoms with Crippen LogP contribution in [0.5, 0.6) is 0 Å². The SMILES string of the molecule is Cc1nc(C)c(CN2CC[C@@H](N(C)CCc3ccccn3)[C@H](O)C2)nc1C. The zero-order valence-corrected chi connectivity index (χ0v) is 16.9. The molecule has 0 radical (unpaired) electrons. The Morgan fingerprint density at radius 1 is 1.15 bits per heavy atom. The number of likely N-dealkylation sites (tertiary alicyclic amines) is 1. The van der Waals surface area contributed by atoms with Crippen LogP contribution in [0.3, 0.4) is 0 Å². The number of likely N-dealkylation sites (N-methyl/N-ethyl adjacent to an activating group) is 1. The monoisotopic (exact) mass is 369 g/mol. The molecule has 0 aromatic carbocycles. The van der Waals surface area contributed by atoms with Crippen molar-refractivity contribution >= 4 is 0 Å². The molecule has 6 nitrogen and oxygen atoms in total. The van der Waals surface area contributed by atoms with Gasteiger partial charge in [0.05, 0.1) is 28.9 Å². The molecule has 1 aliphatic heterocycles. The van der Waals surface area contributed by atoms with Gasteiger partial charge in [-0.05, 0) is 46.4 Å². The van der Waals surface area contributed by atoms with Crippen molar-refractivity contribution < 1.29 is 5.11 Å². The highest BCUT2D eigenvalue weighted by atomic mass is 16.3. The molecular formula is C21H31N5O. The van der Waals surface area contributed by atoms with E-state index in [9.17, 15) is 5.11 Å². The highest BCUT2D eigenvalue weighted by molar-refractivity contribution is 5.18. The van der Waals surface area contributed by atoms with E-state index in [-0.39, 0.29) is 12.1 Å². The topological polar surface area (TPSA) is 65.4 Å². The van der Waals surface area contributed by atoms with Crippen molar-refractivity contribution in [2.24, 2.45) is 0 Å². The Morgan fingerprint density at radius 3 is 2.63 bits per heavy atom. The third kappa shape index (κ3) is 5.09. The summed E-state index contributed by atoms with van der Waals surface area (Å²) < 4.78 is 0. The Bertz CT molecular complexity index is 752. The molecule has 3 heterocycles. The number of rotatable bonds is 6. The summed E-state index contributed by atoms with van der Waals surface area (Å²) in [6.07, 6.45) is 3.34. The first kappa shape index (κ1) is 19.9. The summed E-state index contributed by atoms with van der Waals surface area (Å²) in [4.78, 5) is 18.2. The molecule has 0 amide bonds. The van der Waals surface area contributed by atoms with Crippen molar-refractivity contribution in [2.75, 3.05) is 26.7 Å². The van der Waals surface area contributed by atoms with Crippen LogP contribution in [0.15, 0.2) is 24.4 Å². The Kier molecular flexibility index (Phi) is 6.52. The van der Waals surface area contributed by atoms with E-state index in [2.05, 4.69) is 32.9 Å². The third-order valence-corrected chi connectivity index (χ3v) is 5.60. The van der Waals surface area contributed by atoms with Gasteiger partial charge in [-0.2, -0.15) is 0 Å². The summed E-state index contributed by atoms with van der Waals surface area (Å²) in [7, 11) is 2.10. The lowest BCUT2D eigenvalue weighted by Crippen LogP contribution is -2.53. The van der Waals surface area contributed by atoms with E-state index < -0.39 is 0 Å². The van der Waals surface area contributed by atoms with Crippen molar-refractivity contribution in [3.05, 3.63) is 52.9 Å². The van der Waals surface area contributed by atoms with Gasteiger partial charge in [0.2, 0.25) is 0 Å². The van der Waals surface area contributed by atoms with Crippen LogP contribution < -0.4 is 0 Å². The van der Waals surface area contributed by atoms with Crippen LogP contribution in [0.2, 0.25) is 0 Å². The molecule has 1 saturated heterocycles. The number of aliphatic hydroxyl groups excluding tert-OH is 1. The lowest BCUT2D eigenvalue weighted by Gasteiger charge is -2.40. The lowest BCUT2D eigenvalue weighted by molar-refractivity contribution is -0.00663. The largest absolute Gasteiger partial charge is 0.390 e. The highest BCUT2D eigenvalue weighted by Crippen LogP contribution is 2.19. The molecule has 1 N–H and O–H groups in total. The maximum Gasteiger partial charge on any atom is 0.0822 e. The first-order chi connectivity index (χ1) is 12.9. The summed E-state index contributed by atoms with van der Waals surface area (Å²) in [5.74, 6) is 0. The maximum atomic E-state index is 10.7. The van der Waals surface area contributed by atoms with Gasteiger partial charge in [-0.1, -0.05) is 6.07 Å². The van der Waals surface area contributed by atoms with Crippen LogP contribution in [0.4, 0.5) is 0 Å². The summed E-state index contributed by atoms with van der Waals surface area (Å²) >= 11 is 0. The zero-order valence-electron chi connectivity index (χ0n) is 16.9. The van der Waals surface area contributed by atoms with E-state index in [1.165, 1.54) is 0 Å². The van der Waals surface area contributed by atoms with Gasteiger partial charge in [-0.25, -0.2) is 0 Å². The lowest BCUT2D eigenvalue weighted by atomic mass is 9.99. The average Bonchev–Trinajstić information content (AvgIpc) is 2.65. The van der Waals surface area contributed by atoms with Gasteiger partial charge in [0, 0.05) is 50.5 Å². The number of nitrogens with zero attached hydrogens (tertiary/aromatic N) is 5. The molecule has 2 atom stereocenters. The molecule has 0 saturated carbocycles. The Morgan fingerprint density at radius 2 is 1.93 bits per heavy atom. The van der Waals surface area contributed by atoms with Crippen molar-refractivity contribution in [3.8, 4) is 0 Å². The summed E-state index contributed by atoms with van der Waals surface area (Å²) in [6, 6.07) is 6.21. The number of aromatic nitrogens is 3. The van der Waals surface area contributed by atoms with Crippen LogP contribution in [-0.4, -0.2) is 68.7 Å². The molecule has 0 bridgehead atoms. The number of aliphatic hydroxyl groups is 1. The van der Waals surface area contributed by atoms with E-state index in [4.69, 9.17) is 4.98 Å². The van der Waals surface area contributed by atoms with Crippen molar-refractivity contribution in [3.63, 3.8) is 0 Å². The van der Waals surface area contributed by atoms with Crippen LogP contribution >= 0.6 is 0 Å². The molecule has 6 heteroatoms. The quantitative estimate of drug-likeness (QED) is 0.839. The number of piperidine rings is 1. The number of β-amino-alcohol motifs (C(OH)–C–C–N with tert-alkyl or cyclic N) is 1. The van der Waals surface area contributed by atoms with Gasteiger partial charge < -0.3 is 10.0 Å². The van der Waals surface area contributed by atoms with Gasteiger partial charge in [0.1, 0.15) is 0 Å². The smallest absolute Gasteiger partial charge is 0.0822 e. The average molecular weight is 370 g/mol. The van der Waals surface area contributed by atoms with Gasteiger partial charge in [0.25, 0.3) is 0 Å². The minimum absolute atomic E-state index is 0.192. The molecule has 27 heavy (non-hydrogen) atoms. The second-order valence-electron chi connectivity index (χ2n) is 7.64. The summed E-state index contributed by atoms with van der Waals surface area (Å²) in [5.41, 5.74) is 5.08. The second-order valence-corrected chi connectivity index (χ2v) is 7.64. The van der Waals surface area contributed by atoms with Crippen molar-refractivity contribution in [2.45, 2.75) is 52.3 Å². The van der Waals surface area contributed by atoms with E-state index >= 15 is 0 Å². The van der Waals surface area contributed by atoms with E-state index in [0.717, 1.165) is 60.9 Å². The fourth-order valence-corrected chi connectivity index (χ4v) is 3.77. The number of hydrogen-bond acceptors (Lipinski definition) is 6. The molecule has 2 aromatic rings. The first-order valence-corrected chi connectivity index (χ1v) is 9.75. The molecule has 0 spiro atoms. The molecule has 0 unspecified atom stereocenters. The fraction of sp³-hybridized carbons (Fsp3) is 0.571. The van der Waals surface area contributed by atoms with Crippen molar-refractivity contribution in [1.82, 2.24) is 24.8 Å². The van der Waals surface area contributed by atoms with Gasteiger partial charge in [-0.15, -0.1) is 0 Å². The second kappa shape index (κ2) is 8.87. The number of hydrogen-bond donors (Lipinski definition) is 1. The Hall–Kier alpha value is -1.89. The minimum atomic E-state index is -0.354. The molecule has 1 fully saturated rings. The molecule has 3 rings (SSSR count). The van der Waals surface area contributed by atoms with Crippen LogP contribution in [0.25, 0.3) is 0 Å². The van der Waals surface area contributed by atoms with Gasteiger partial charge in [0.15, 0.2) is 0 Å². The first-order valence-electron chi connectivity index (χ1n) is 9.75. The fourth-order valence-electron chi connectivity index (χ4n) is 3.77.